The van der Waals surface area contributed by atoms with Crippen molar-refractivity contribution in [2.45, 2.75) is 43.9 Å². The third-order valence-corrected chi connectivity index (χ3v) is 4.44. The number of nitrogens with two attached hydrogens (primary N) is 1. The first-order valence-electron chi connectivity index (χ1n) is 7.50. The number of benzene rings is 1. The fourth-order valence-electron chi connectivity index (χ4n) is 3.35. The summed E-state index contributed by atoms with van der Waals surface area (Å²) in [7, 11) is 0. The minimum atomic E-state index is -0.558. The summed E-state index contributed by atoms with van der Waals surface area (Å²) >= 11 is 0. The van der Waals surface area contributed by atoms with Crippen LogP contribution in [0.2, 0.25) is 0 Å². The van der Waals surface area contributed by atoms with E-state index in [9.17, 15) is 4.79 Å². The van der Waals surface area contributed by atoms with E-state index < -0.39 is 6.04 Å². The highest BCUT2D eigenvalue weighted by molar-refractivity contribution is 5.85. The average molecular weight is 311 g/mol. The van der Waals surface area contributed by atoms with Crippen LogP contribution in [0.25, 0.3) is 0 Å². The van der Waals surface area contributed by atoms with Crippen molar-refractivity contribution < 1.29 is 9.53 Å². The van der Waals surface area contributed by atoms with E-state index in [0.717, 1.165) is 18.4 Å². The smallest absolute Gasteiger partial charge is 0.244 e. The quantitative estimate of drug-likeness (QED) is 0.912. The Morgan fingerprint density at radius 1 is 1.24 bits per heavy atom. The van der Waals surface area contributed by atoms with Crippen molar-refractivity contribution >= 4 is 18.3 Å². The van der Waals surface area contributed by atoms with E-state index in [2.05, 4.69) is 0 Å². The molecule has 0 radical (unpaired) electrons. The Kier molecular flexibility index (Phi) is 5.62. The highest BCUT2D eigenvalue weighted by Crippen LogP contribution is 2.30. The van der Waals surface area contributed by atoms with E-state index in [-0.39, 0.29) is 30.5 Å². The predicted molar refractivity (Wildman–Crippen MR) is 84.3 cm³/mol. The number of carbonyl (C=O) groups excluding carboxylic acids is 1. The minimum Gasteiger partial charge on any atom is -0.374 e. The van der Waals surface area contributed by atoms with Crippen LogP contribution in [0.15, 0.2) is 30.3 Å². The topological polar surface area (TPSA) is 55.6 Å². The molecule has 2 fully saturated rings. The molecule has 1 saturated carbocycles. The first kappa shape index (κ1) is 16.3. The summed E-state index contributed by atoms with van der Waals surface area (Å²) in [5.41, 5.74) is 7.04. The monoisotopic (exact) mass is 310 g/mol. The summed E-state index contributed by atoms with van der Waals surface area (Å²) in [4.78, 5) is 14.7. The number of ether oxygens (including phenoxy) is 1. The molecule has 1 aliphatic carbocycles. The molecule has 2 aliphatic rings. The Labute approximate surface area is 132 Å². The number of halogens is 1. The third-order valence-electron chi connectivity index (χ3n) is 4.44. The predicted octanol–water partition coefficient (Wildman–Crippen LogP) is 2.28. The maximum atomic E-state index is 12.7. The standard InChI is InChI=1S/C16H22N2O2.ClH/c17-15(12-6-2-1-3-7-12)16(19)18-10-11-20-14-9-5-4-8-13(14)18;/h1-3,6-7,13-15H,4-5,8-11,17H2;1H. The van der Waals surface area contributed by atoms with Crippen LogP contribution < -0.4 is 5.73 Å². The van der Waals surface area contributed by atoms with Gasteiger partial charge in [0.15, 0.2) is 0 Å². The van der Waals surface area contributed by atoms with Gasteiger partial charge in [0.05, 0.1) is 18.8 Å². The molecular weight excluding hydrogens is 288 g/mol. The van der Waals surface area contributed by atoms with Crippen molar-refractivity contribution in [2.24, 2.45) is 5.73 Å². The molecule has 3 atom stereocenters. The largest absolute Gasteiger partial charge is 0.374 e. The Hall–Kier alpha value is -1.10. The molecule has 1 heterocycles. The van der Waals surface area contributed by atoms with Crippen molar-refractivity contribution in [1.29, 1.82) is 0 Å². The van der Waals surface area contributed by atoms with E-state index in [1.165, 1.54) is 12.8 Å². The molecule has 0 spiro atoms. The van der Waals surface area contributed by atoms with Gasteiger partial charge < -0.3 is 15.4 Å². The summed E-state index contributed by atoms with van der Waals surface area (Å²) in [6, 6.07) is 9.28. The second kappa shape index (κ2) is 7.25. The molecule has 0 bridgehead atoms. The lowest BCUT2D eigenvalue weighted by Crippen LogP contribution is -2.56. The number of morpholine rings is 1. The highest BCUT2D eigenvalue weighted by atomic mass is 35.5. The molecule has 1 aliphatic heterocycles. The van der Waals surface area contributed by atoms with Gasteiger partial charge in [-0.05, 0) is 18.4 Å². The zero-order valence-corrected chi connectivity index (χ0v) is 12.9. The summed E-state index contributed by atoms with van der Waals surface area (Å²) in [6.07, 6.45) is 4.69. The van der Waals surface area contributed by atoms with Crippen molar-refractivity contribution in [3.05, 3.63) is 35.9 Å². The maximum absolute atomic E-state index is 12.7. The van der Waals surface area contributed by atoms with Crippen molar-refractivity contribution in [2.75, 3.05) is 13.2 Å². The lowest BCUT2D eigenvalue weighted by atomic mass is 9.89. The summed E-state index contributed by atoms with van der Waals surface area (Å²) < 4.78 is 5.81. The van der Waals surface area contributed by atoms with E-state index in [0.29, 0.717) is 13.2 Å². The molecule has 3 rings (SSSR count). The van der Waals surface area contributed by atoms with Crippen LogP contribution in [0.4, 0.5) is 0 Å². The van der Waals surface area contributed by atoms with Gasteiger partial charge in [0.2, 0.25) is 5.91 Å². The van der Waals surface area contributed by atoms with Gasteiger partial charge in [0.1, 0.15) is 6.04 Å². The molecule has 1 aromatic rings. The Morgan fingerprint density at radius 2 is 1.95 bits per heavy atom. The first-order valence-corrected chi connectivity index (χ1v) is 7.50. The molecule has 1 aromatic carbocycles. The first-order chi connectivity index (χ1) is 9.77. The molecule has 116 valence electrons. The molecule has 21 heavy (non-hydrogen) atoms. The molecule has 5 heteroatoms. The van der Waals surface area contributed by atoms with Crippen LogP contribution in [-0.2, 0) is 9.53 Å². The number of amides is 1. The van der Waals surface area contributed by atoms with Gasteiger partial charge in [-0.15, -0.1) is 12.4 Å². The van der Waals surface area contributed by atoms with E-state index in [1.54, 1.807) is 0 Å². The lowest BCUT2D eigenvalue weighted by Gasteiger charge is -2.44. The van der Waals surface area contributed by atoms with Gasteiger partial charge in [-0.25, -0.2) is 0 Å². The average Bonchev–Trinajstić information content (AvgIpc) is 2.54. The Morgan fingerprint density at radius 3 is 2.71 bits per heavy atom. The van der Waals surface area contributed by atoms with Crippen molar-refractivity contribution in [1.82, 2.24) is 4.90 Å². The van der Waals surface area contributed by atoms with E-state index >= 15 is 0 Å². The van der Waals surface area contributed by atoms with Gasteiger partial charge in [-0.1, -0.05) is 43.2 Å². The fourth-order valence-corrected chi connectivity index (χ4v) is 3.35. The molecule has 4 nitrogen and oxygen atoms in total. The molecular formula is C16H23ClN2O2. The second-order valence-corrected chi connectivity index (χ2v) is 5.68. The van der Waals surface area contributed by atoms with E-state index in [1.807, 2.05) is 35.2 Å². The van der Waals surface area contributed by atoms with Gasteiger partial charge in [0.25, 0.3) is 0 Å². The van der Waals surface area contributed by atoms with Crippen molar-refractivity contribution in [3.63, 3.8) is 0 Å². The lowest BCUT2D eigenvalue weighted by molar-refractivity contribution is -0.151. The van der Waals surface area contributed by atoms with Crippen LogP contribution >= 0.6 is 12.4 Å². The number of hydrogen-bond donors (Lipinski definition) is 1. The van der Waals surface area contributed by atoms with Crippen LogP contribution in [0, 0.1) is 0 Å². The minimum absolute atomic E-state index is 0. The second-order valence-electron chi connectivity index (χ2n) is 5.68. The number of carbonyl (C=O) groups is 1. The Bertz CT molecular complexity index is 467. The number of rotatable bonds is 2. The zero-order valence-electron chi connectivity index (χ0n) is 12.1. The van der Waals surface area contributed by atoms with Gasteiger partial charge >= 0.3 is 0 Å². The van der Waals surface area contributed by atoms with Gasteiger partial charge in [0, 0.05) is 6.54 Å². The molecule has 1 saturated heterocycles. The zero-order chi connectivity index (χ0) is 13.9. The molecule has 1 amide bonds. The summed E-state index contributed by atoms with van der Waals surface area (Å²) in [5.74, 6) is 0.0383. The van der Waals surface area contributed by atoms with Gasteiger partial charge in [-0.2, -0.15) is 0 Å². The van der Waals surface area contributed by atoms with Crippen LogP contribution in [0.3, 0.4) is 0 Å². The summed E-state index contributed by atoms with van der Waals surface area (Å²) in [6.45, 7) is 1.30. The maximum Gasteiger partial charge on any atom is 0.244 e. The summed E-state index contributed by atoms with van der Waals surface area (Å²) in [5, 5.41) is 0. The van der Waals surface area contributed by atoms with Crippen LogP contribution in [0.5, 0.6) is 0 Å². The fraction of sp³-hybridized carbons (Fsp3) is 0.562. The van der Waals surface area contributed by atoms with Crippen molar-refractivity contribution in [3.8, 4) is 0 Å². The molecule has 3 unspecified atom stereocenters. The van der Waals surface area contributed by atoms with Crippen LogP contribution in [-0.4, -0.2) is 36.1 Å². The normalized spacial score (nSPS) is 26.4. The number of fused-ring (bicyclic) bond motifs is 1. The number of hydrogen-bond acceptors (Lipinski definition) is 3. The number of nitrogens with zero attached hydrogens (tertiary/aromatic N) is 1. The van der Waals surface area contributed by atoms with Gasteiger partial charge in [-0.3, -0.25) is 4.79 Å². The van der Waals surface area contributed by atoms with E-state index in [4.69, 9.17) is 10.5 Å². The Balaban J connectivity index is 0.00000161. The highest BCUT2D eigenvalue weighted by Gasteiger charge is 2.38. The van der Waals surface area contributed by atoms with Crippen LogP contribution in [0.1, 0.15) is 37.3 Å². The molecule has 0 aromatic heterocycles. The SMILES string of the molecule is Cl.NC(C(=O)N1CCOC2CCCCC21)c1ccccc1. The molecule has 2 N–H and O–H groups in total. The third kappa shape index (κ3) is 3.39.